The van der Waals surface area contributed by atoms with E-state index in [4.69, 9.17) is 14.5 Å². The Hall–Kier alpha value is -3.32. The Morgan fingerprint density at radius 2 is 1.87 bits per heavy atom. The maximum atomic E-state index is 12.3. The number of carbonyl (C=O) groups is 1. The van der Waals surface area contributed by atoms with Crippen molar-refractivity contribution >= 4 is 28.3 Å². The van der Waals surface area contributed by atoms with Gasteiger partial charge in [0.1, 0.15) is 5.82 Å². The summed E-state index contributed by atoms with van der Waals surface area (Å²) in [7, 11) is 1.64. The fourth-order valence-electron chi connectivity index (χ4n) is 3.31. The number of para-hydroxylation sites is 4. The lowest BCUT2D eigenvalue weighted by molar-refractivity contribution is 0.0953. The molecule has 154 valence electrons. The van der Waals surface area contributed by atoms with Gasteiger partial charge in [-0.05, 0) is 42.1 Å². The summed E-state index contributed by atoms with van der Waals surface area (Å²) in [4.78, 5) is 17.7. The molecule has 30 heavy (non-hydrogen) atoms. The number of nitrogens with one attached hydrogen (secondary N) is 1. The minimum atomic E-state index is -0.0805. The third kappa shape index (κ3) is 4.46. The van der Waals surface area contributed by atoms with Gasteiger partial charge in [-0.15, -0.1) is 11.3 Å². The van der Waals surface area contributed by atoms with Crippen LogP contribution in [-0.4, -0.2) is 29.2 Å². The molecule has 1 N–H and O–H groups in total. The van der Waals surface area contributed by atoms with Crippen molar-refractivity contribution in [3.8, 4) is 11.5 Å². The van der Waals surface area contributed by atoms with Crippen LogP contribution in [0.25, 0.3) is 11.0 Å². The molecule has 0 aliphatic rings. The Morgan fingerprint density at radius 1 is 1.07 bits per heavy atom. The van der Waals surface area contributed by atoms with Gasteiger partial charge in [0, 0.05) is 6.54 Å². The molecular formula is C23H23N3O3S. The lowest BCUT2D eigenvalue weighted by atomic mass is 10.3. The summed E-state index contributed by atoms with van der Waals surface area (Å²) in [6, 6.07) is 19.3. The van der Waals surface area contributed by atoms with Gasteiger partial charge in [-0.3, -0.25) is 4.79 Å². The zero-order valence-electron chi connectivity index (χ0n) is 16.7. The topological polar surface area (TPSA) is 65.4 Å². The van der Waals surface area contributed by atoms with Crippen molar-refractivity contribution in [3.05, 3.63) is 76.7 Å². The molecule has 0 radical (unpaired) electrons. The van der Waals surface area contributed by atoms with Crippen molar-refractivity contribution in [2.24, 2.45) is 0 Å². The Labute approximate surface area is 179 Å². The van der Waals surface area contributed by atoms with Gasteiger partial charge in [0.25, 0.3) is 5.91 Å². The van der Waals surface area contributed by atoms with Crippen LogP contribution in [0.3, 0.4) is 0 Å². The molecule has 0 bridgehead atoms. The monoisotopic (exact) mass is 421 g/mol. The van der Waals surface area contributed by atoms with Crippen LogP contribution < -0.4 is 14.8 Å². The van der Waals surface area contributed by atoms with E-state index in [2.05, 4.69) is 9.88 Å². The summed E-state index contributed by atoms with van der Waals surface area (Å²) >= 11 is 1.43. The van der Waals surface area contributed by atoms with Crippen LogP contribution in [0.2, 0.25) is 0 Å². The highest BCUT2D eigenvalue weighted by Gasteiger charge is 2.13. The molecule has 7 heteroatoms. The molecule has 2 heterocycles. The molecule has 0 aliphatic carbocycles. The number of methoxy groups -OCH3 is 1. The number of rotatable bonds is 9. The van der Waals surface area contributed by atoms with Gasteiger partial charge < -0.3 is 19.4 Å². The minimum absolute atomic E-state index is 0.0805. The minimum Gasteiger partial charge on any atom is -0.493 e. The molecule has 6 nitrogen and oxygen atoms in total. The Balaban J connectivity index is 1.43. The van der Waals surface area contributed by atoms with Crippen LogP contribution in [0.1, 0.15) is 21.9 Å². The quantitative estimate of drug-likeness (QED) is 0.404. The highest BCUT2D eigenvalue weighted by molar-refractivity contribution is 7.12. The van der Waals surface area contributed by atoms with Crippen LogP contribution in [-0.2, 0) is 13.1 Å². The van der Waals surface area contributed by atoms with E-state index >= 15 is 0 Å². The first kappa shape index (κ1) is 20.0. The molecule has 0 aliphatic heterocycles. The van der Waals surface area contributed by atoms with Crippen molar-refractivity contribution in [3.63, 3.8) is 0 Å². The second-order valence-corrected chi connectivity index (χ2v) is 7.63. The SMILES string of the molecule is COc1ccccc1OCCCn1c(CNC(=O)c2cccs2)nc2ccccc21. The van der Waals surface area contributed by atoms with E-state index in [1.54, 1.807) is 7.11 Å². The molecule has 2 aromatic carbocycles. The highest BCUT2D eigenvalue weighted by atomic mass is 32.1. The lowest BCUT2D eigenvalue weighted by Crippen LogP contribution is -2.24. The van der Waals surface area contributed by atoms with Crippen LogP contribution in [0.4, 0.5) is 0 Å². The van der Waals surface area contributed by atoms with Crippen molar-refractivity contribution < 1.29 is 14.3 Å². The third-order valence-electron chi connectivity index (χ3n) is 4.74. The highest BCUT2D eigenvalue weighted by Crippen LogP contribution is 2.26. The number of thiophene rings is 1. The second kappa shape index (κ2) is 9.45. The molecule has 0 atom stereocenters. The number of aromatic nitrogens is 2. The van der Waals surface area contributed by atoms with Gasteiger partial charge in [-0.1, -0.05) is 30.3 Å². The summed E-state index contributed by atoms with van der Waals surface area (Å²) in [5.41, 5.74) is 1.97. The first-order valence-corrected chi connectivity index (χ1v) is 10.7. The van der Waals surface area contributed by atoms with Gasteiger partial charge in [-0.25, -0.2) is 4.98 Å². The summed E-state index contributed by atoms with van der Waals surface area (Å²) < 4.78 is 13.4. The molecule has 2 aromatic heterocycles. The normalized spacial score (nSPS) is 10.8. The van der Waals surface area contributed by atoms with E-state index in [0.29, 0.717) is 18.0 Å². The molecule has 0 fully saturated rings. The fraction of sp³-hybridized carbons (Fsp3) is 0.217. The Bertz CT molecular complexity index is 1120. The van der Waals surface area contributed by atoms with Crippen molar-refractivity contribution in [1.82, 2.24) is 14.9 Å². The molecule has 1 amide bonds. The summed E-state index contributed by atoms with van der Waals surface area (Å²) in [5, 5.41) is 4.87. The number of hydrogen-bond donors (Lipinski definition) is 1. The number of amides is 1. The Kier molecular flexibility index (Phi) is 6.29. The van der Waals surface area contributed by atoms with Crippen molar-refractivity contribution in [1.29, 1.82) is 0 Å². The Morgan fingerprint density at radius 3 is 2.67 bits per heavy atom. The molecule has 0 saturated heterocycles. The van der Waals surface area contributed by atoms with Crippen LogP contribution in [0.15, 0.2) is 66.0 Å². The molecule has 4 aromatic rings. The van der Waals surface area contributed by atoms with Gasteiger partial charge in [0.2, 0.25) is 0 Å². The smallest absolute Gasteiger partial charge is 0.261 e. The molecule has 0 unspecified atom stereocenters. The van der Waals surface area contributed by atoms with Crippen molar-refractivity contribution in [2.45, 2.75) is 19.5 Å². The first-order chi connectivity index (χ1) is 14.8. The number of hydrogen-bond acceptors (Lipinski definition) is 5. The largest absolute Gasteiger partial charge is 0.493 e. The number of fused-ring (bicyclic) bond motifs is 1. The van der Waals surface area contributed by atoms with Crippen molar-refractivity contribution in [2.75, 3.05) is 13.7 Å². The van der Waals surface area contributed by atoms with Gasteiger partial charge in [-0.2, -0.15) is 0 Å². The third-order valence-corrected chi connectivity index (χ3v) is 5.61. The standard InChI is InChI=1S/C23H23N3O3S/c1-28-19-10-4-5-11-20(19)29-14-7-13-26-18-9-3-2-8-17(18)25-22(26)16-24-23(27)21-12-6-15-30-21/h2-6,8-12,15H,7,13-14,16H2,1H3,(H,24,27). The lowest BCUT2D eigenvalue weighted by Gasteiger charge is -2.12. The van der Waals surface area contributed by atoms with E-state index < -0.39 is 0 Å². The van der Waals surface area contributed by atoms with Gasteiger partial charge >= 0.3 is 0 Å². The maximum Gasteiger partial charge on any atom is 0.261 e. The molecule has 0 saturated carbocycles. The number of nitrogens with zero attached hydrogens (tertiary/aromatic N) is 2. The number of carbonyl (C=O) groups excluding carboxylic acids is 1. The first-order valence-electron chi connectivity index (χ1n) is 9.78. The zero-order chi connectivity index (χ0) is 20.8. The van der Waals surface area contributed by atoms with Gasteiger partial charge in [0.05, 0.1) is 36.2 Å². The summed E-state index contributed by atoms with van der Waals surface area (Å²) in [5.74, 6) is 2.21. The van der Waals surface area contributed by atoms with Crippen LogP contribution in [0, 0.1) is 0 Å². The van der Waals surface area contributed by atoms with E-state index in [0.717, 1.165) is 41.3 Å². The number of aryl methyl sites for hydroxylation is 1. The predicted octanol–water partition coefficient (Wildman–Crippen LogP) is 4.51. The average Bonchev–Trinajstić information content (AvgIpc) is 3.44. The van der Waals surface area contributed by atoms with E-state index in [1.807, 2.05) is 66.0 Å². The number of imidazole rings is 1. The number of ether oxygens (including phenoxy) is 2. The van der Waals surface area contributed by atoms with E-state index in [9.17, 15) is 4.79 Å². The van der Waals surface area contributed by atoms with Crippen LogP contribution in [0.5, 0.6) is 11.5 Å². The maximum absolute atomic E-state index is 12.3. The molecule has 4 rings (SSSR count). The van der Waals surface area contributed by atoms with Crippen LogP contribution >= 0.6 is 11.3 Å². The molecule has 0 spiro atoms. The van der Waals surface area contributed by atoms with E-state index in [1.165, 1.54) is 11.3 Å². The summed E-state index contributed by atoms with van der Waals surface area (Å²) in [6.45, 7) is 1.66. The molecular weight excluding hydrogens is 398 g/mol. The average molecular weight is 422 g/mol. The second-order valence-electron chi connectivity index (χ2n) is 6.68. The van der Waals surface area contributed by atoms with E-state index in [-0.39, 0.29) is 5.91 Å². The number of benzene rings is 2. The van der Waals surface area contributed by atoms with Gasteiger partial charge in [0.15, 0.2) is 11.5 Å². The predicted molar refractivity (Wildman–Crippen MR) is 118 cm³/mol. The fourth-order valence-corrected chi connectivity index (χ4v) is 3.95. The summed E-state index contributed by atoms with van der Waals surface area (Å²) in [6.07, 6.45) is 0.796. The zero-order valence-corrected chi connectivity index (χ0v) is 17.5.